The summed E-state index contributed by atoms with van der Waals surface area (Å²) >= 11 is 0. The van der Waals surface area contributed by atoms with Crippen LogP contribution in [0.5, 0.6) is 0 Å². The van der Waals surface area contributed by atoms with E-state index in [9.17, 15) is 4.79 Å². The second-order valence-electron chi connectivity index (χ2n) is 4.35. The Morgan fingerprint density at radius 1 is 1.54 bits per heavy atom. The molecule has 0 bridgehead atoms. The average Bonchev–Trinajstić information content (AvgIpc) is 2.53. The van der Waals surface area contributed by atoms with Gasteiger partial charge in [0.15, 0.2) is 0 Å². The number of ketones is 1. The number of carbonyl (C=O) groups excluding carboxylic acids is 1. The van der Waals surface area contributed by atoms with Gasteiger partial charge in [0, 0.05) is 12.5 Å². The van der Waals surface area contributed by atoms with Gasteiger partial charge < -0.3 is 4.74 Å². The Labute approximate surface area is 80.7 Å². The number of Topliss-reactive ketones (excluding diaryl/α,β-unsaturated/α-hetero) is 1. The third-order valence-corrected chi connectivity index (χ3v) is 2.88. The van der Waals surface area contributed by atoms with Gasteiger partial charge in [-0.2, -0.15) is 0 Å². The van der Waals surface area contributed by atoms with E-state index in [-0.39, 0.29) is 11.3 Å². The third-order valence-electron chi connectivity index (χ3n) is 2.88. The first-order valence-corrected chi connectivity index (χ1v) is 5.24. The Kier molecular flexibility index (Phi) is 3.48. The second-order valence-corrected chi connectivity index (χ2v) is 4.35. The molecular weight excluding hydrogens is 164 g/mol. The Hall–Kier alpha value is -0.370. The highest BCUT2D eigenvalue weighted by molar-refractivity contribution is 5.86. The van der Waals surface area contributed by atoms with Crippen molar-refractivity contribution in [1.82, 2.24) is 0 Å². The molecule has 0 N–H and O–H groups in total. The summed E-state index contributed by atoms with van der Waals surface area (Å²) in [5.41, 5.74) is -0.136. The second kappa shape index (κ2) is 4.23. The number of hydrogen-bond acceptors (Lipinski definition) is 2. The fraction of sp³-hybridized carbons (Fsp3) is 0.909. The molecule has 1 aliphatic rings. The molecule has 0 saturated carbocycles. The normalized spacial score (nSPS) is 28.3. The van der Waals surface area contributed by atoms with Crippen molar-refractivity contribution in [3.05, 3.63) is 0 Å². The van der Waals surface area contributed by atoms with Crippen molar-refractivity contribution in [3.63, 3.8) is 0 Å². The zero-order chi connectivity index (χ0) is 9.90. The molecule has 0 aliphatic carbocycles. The van der Waals surface area contributed by atoms with Gasteiger partial charge in [-0.15, -0.1) is 0 Å². The van der Waals surface area contributed by atoms with E-state index in [0.717, 1.165) is 25.9 Å². The first-order valence-electron chi connectivity index (χ1n) is 5.24. The maximum atomic E-state index is 12.0. The molecule has 1 atom stereocenters. The maximum Gasteiger partial charge on any atom is 0.143 e. The van der Waals surface area contributed by atoms with E-state index < -0.39 is 0 Å². The molecule has 1 fully saturated rings. The summed E-state index contributed by atoms with van der Waals surface area (Å²) in [6, 6.07) is 0. The lowest BCUT2D eigenvalue weighted by Gasteiger charge is -2.27. The van der Waals surface area contributed by atoms with Crippen LogP contribution in [0.1, 0.15) is 40.0 Å². The van der Waals surface area contributed by atoms with Crippen molar-refractivity contribution in [2.75, 3.05) is 13.2 Å². The van der Waals surface area contributed by atoms with Gasteiger partial charge in [-0.25, -0.2) is 0 Å². The Morgan fingerprint density at radius 2 is 2.23 bits per heavy atom. The molecule has 13 heavy (non-hydrogen) atoms. The van der Waals surface area contributed by atoms with E-state index in [4.69, 9.17) is 4.74 Å². The van der Waals surface area contributed by atoms with Gasteiger partial charge in [-0.05, 0) is 12.8 Å². The average molecular weight is 184 g/mol. The lowest BCUT2D eigenvalue weighted by atomic mass is 9.75. The van der Waals surface area contributed by atoms with Crippen LogP contribution < -0.4 is 0 Å². The molecule has 2 nitrogen and oxygen atoms in total. The van der Waals surface area contributed by atoms with Gasteiger partial charge in [-0.3, -0.25) is 4.79 Å². The number of carbonyl (C=O) groups is 1. The predicted molar refractivity (Wildman–Crippen MR) is 52.6 cm³/mol. The molecule has 0 aromatic heterocycles. The van der Waals surface area contributed by atoms with Gasteiger partial charge in [0.05, 0.1) is 12.0 Å². The largest absolute Gasteiger partial charge is 0.380 e. The summed E-state index contributed by atoms with van der Waals surface area (Å²) < 4.78 is 5.36. The van der Waals surface area contributed by atoms with Crippen molar-refractivity contribution >= 4 is 5.78 Å². The topological polar surface area (TPSA) is 26.3 Å². The fourth-order valence-electron chi connectivity index (χ4n) is 2.21. The van der Waals surface area contributed by atoms with E-state index in [2.05, 4.69) is 6.92 Å². The van der Waals surface area contributed by atoms with Gasteiger partial charge in [0.2, 0.25) is 0 Å². The van der Waals surface area contributed by atoms with Crippen LogP contribution >= 0.6 is 0 Å². The Bertz CT molecular complexity index is 179. The van der Waals surface area contributed by atoms with Crippen LogP contribution in [0.15, 0.2) is 0 Å². The minimum Gasteiger partial charge on any atom is -0.380 e. The lowest BCUT2D eigenvalue weighted by molar-refractivity contribution is -0.132. The molecule has 0 spiro atoms. The van der Waals surface area contributed by atoms with Gasteiger partial charge >= 0.3 is 0 Å². The highest BCUT2D eigenvalue weighted by atomic mass is 16.5. The van der Waals surface area contributed by atoms with E-state index in [1.165, 1.54) is 0 Å². The van der Waals surface area contributed by atoms with Gasteiger partial charge in [0.1, 0.15) is 5.78 Å². The summed E-state index contributed by atoms with van der Waals surface area (Å²) in [6.07, 6.45) is 2.99. The van der Waals surface area contributed by atoms with Crippen molar-refractivity contribution in [2.24, 2.45) is 11.3 Å². The predicted octanol–water partition coefficient (Wildman–Crippen LogP) is 2.42. The molecule has 0 radical (unpaired) electrons. The van der Waals surface area contributed by atoms with Gasteiger partial charge in [0.25, 0.3) is 0 Å². The molecule has 1 saturated heterocycles. The smallest absolute Gasteiger partial charge is 0.143 e. The van der Waals surface area contributed by atoms with Crippen molar-refractivity contribution < 1.29 is 9.53 Å². The first-order chi connectivity index (χ1) is 6.12. The molecule has 0 amide bonds. The Balaban J connectivity index is 2.71. The summed E-state index contributed by atoms with van der Waals surface area (Å²) in [6.45, 7) is 7.51. The van der Waals surface area contributed by atoms with Crippen LogP contribution in [0, 0.1) is 11.3 Å². The van der Waals surface area contributed by atoms with Crippen LogP contribution in [-0.2, 0) is 9.53 Å². The van der Waals surface area contributed by atoms with Gasteiger partial charge in [-0.1, -0.05) is 27.2 Å². The SMILES string of the molecule is CCC[C@]1(C(=O)C(C)C)CCOC1. The zero-order valence-corrected chi connectivity index (χ0v) is 8.93. The van der Waals surface area contributed by atoms with Crippen LogP contribution in [-0.4, -0.2) is 19.0 Å². The molecule has 0 aromatic rings. The number of ether oxygens (including phenoxy) is 1. The lowest BCUT2D eigenvalue weighted by Crippen LogP contribution is -2.34. The fourth-order valence-corrected chi connectivity index (χ4v) is 2.21. The number of rotatable bonds is 4. The van der Waals surface area contributed by atoms with Crippen LogP contribution in [0.2, 0.25) is 0 Å². The van der Waals surface area contributed by atoms with E-state index in [1.807, 2.05) is 13.8 Å². The summed E-state index contributed by atoms with van der Waals surface area (Å²) in [5.74, 6) is 0.542. The number of hydrogen-bond donors (Lipinski definition) is 0. The van der Waals surface area contributed by atoms with Crippen molar-refractivity contribution in [3.8, 4) is 0 Å². The quantitative estimate of drug-likeness (QED) is 0.670. The van der Waals surface area contributed by atoms with Crippen LogP contribution in [0.3, 0.4) is 0 Å². The standard InChI is InChI=1S/C11H20O2/c1-4-5-11(6-7-13-8-11)10(12)9(2)3/h9H,4-8H2,1-3H3/t11-/m0/s1. The third kappa shape index (κ3) is 2.11. The van der Waals surface area contributed by atoms with E-state index in [0.29, 0.717) is 12.4 Å². The van der Waals surface area contributed by atoms with Crippen LogP contribution in [0.4, 0.5) is 0 Å². The minimum atomic E-state index is -0.136. The summed E-state index contributed by atoms with van der Waals surface area (Å²) in [7, 11) is 0. The van der Waals surface area contributed by atoms with E-state index in [1.54, 1.807) is 0 Å². The molecule has 2 heteroatoms. The first kappa shape index (κ1) is 10.7. The maximum absolute atomic E-state index is 12.0. The molecular formula is C11H20O2. The molecule has 0 aromatic carbocycles. The summed E-state index contributed by atoms with van der Waals surface area (Å²) in [5, 5.41) is 0. The monoisotopic (exact) mass is 184 g/mol. The van der Waals surface area contributed by atoms with Crippen molar-refractivity contribution in [2.45, 2.75) is 40.0 Å². The molecule has 1 aliphatic heterocycles. The molecule has 1 rings (SSSR count). The van der Waals surface area contributed by atoms with E-state index >= 15 is 0 Å². The summed E-state index contributed by atoms with van der Waals surface area (Å²) in [4.78, 5) is 12.0. The van der Waals surface area contributed by atoms with Crippen LogP contribution in [0.25, 0.3) is 0 Å². The molecule has 0 unspecified atom stereocenters. The minimum absolute atomic E-state index is 0.136. The molecule has 76 valence electrons. The highest BCUT2D eigenvalue weighted by Gasteiger charge is 2.41. The Morgan fingerprint density at radius 3 is 2.62 bits per heavy atom. The highest BCUT2D eigenvalue weighted by Crippen LogP contribution is 2.36. The van der Waals surface area contributed by atoms with Crippen molar-refractivity contribution in [1.29, 1.82) is 0 Å². The zero-order valence-electron chi connectivity index (χ0n) is 8.93. The molecule has 1 heterocycles.